The molecule has 0 aromatic heterocycles. The van der Waals surface area contributed by atoms with E-state index in [1.165, 1.54) is 12.8 Å². The zero-order valence-corrected chi connectivity index (χ0v) is 11.9. The number of rotatable bonds is 4. The Hall–Kier alpha value is -0.650. The number of nitrogens with two attached hydrogens (primary N) is 1. The standard InChI is InChI=1S/C14H27N3O2/c1-11-3-2-6-17(13(11)9-15)10-14(18)16-12-4-7-19-8-5-12/h11-13H,2-10,15H2,1H3,(H,16,18). The highest BCUT2D eigenvalue weighted by atomic mass is 16.5. The Morgan fingerprint density at radius 1 is 1.37 bits per heavy atom. The molecule has 0 spiro atoms. The maximum absolute atomic E-state index is 12.1. The number of carbonyl (C=O) groups excluding carboxylic acids is 1. The van der Waals surface area contributed by atoms with E-state index in [-0.39, 0.29) is 5.91 Å². The minimum Gasteiger partial charge on any atom is -0.381 e. The lowest BCUT2D eigenvalue weighted by Gasteiger charge is -2.39. The smallest absolute Gasteiger partial charge is 0.234 e. The fourth-order valence-electron chi connectivity index (χ4n) is 3.21. The fourth-order valence-corrected chi connectivity index (χ4v) is 3.21. The average Bonchev–Trinajstić information content (AvgIpc) is 2.40. The summed E-state index contributed by atoms with van der Waals surface area (Å²) < 4.78 is 5.30. The van der Waals surface area contributed by atoms with Crippen LogP contribution in [0.3, 0.4) is 0 Å². The van der Waals surface area contributed by atoms with Crippen LogP contribution in [0, 0.1) is 5.92 Å². The molecular formula is C14H27N3O2. The highest BCUT2D eigenvalue weighted by Gasteiger charge is 2.29. The van der Waals surface area contributed by atoms with Crippen LogP contribution in [0.5, 0.6) is 0 Å². The first-order valence-electron chi connectivity index (χ1n) is 7.52. The number of piperidine rings is 1. The van der Waals surface area contributed by atoms with Crippen LogP contribution in [0.25, 0.3) is 0 Å². The van der Waals surface area contributed by atoms with Crippen molar-refractivity contribution in [2.45, 2.75) is 44.7 Å². The van der Waals surface area contributed by atoms with Crippen molar-refractivity contribution in [2.24, 2.45) is 11.7 Å². The highest BCUT2D eigenvalue weighted by molar-refractivity contribution is 5.78. The molecule has 0 saturated carbocycles. The van der Waals surface area contributed by atoms with Gasteiger partial charge in [-0.05, 0) is 38.1 Å². The van der Waals surface area contributed by atoms with Crippen molar-refractivity contribution in [3.05, 3.63) is 0 Å². The predicted molar refractivity (Wildman–Crippen MR) is 74.8 cm³/mol. The third-order valence-corrected chi connectivity index (χ3v) is 4.41. The number of hydrogen-bond donors (Lipinski definition) is 2. The lowest BCUT2D eigenvalue weighted by atomic mass is 9.91. The van der Waals surface area contributed by atoms with Crippen molar-refractivity contribution in [2.75, 3.05) is 32.8 Å². The van der Waals surface area contributed by atoms with E-state index in [0.717, 1.165) is 32.6 Å². The molecule has 3 N–H and O–H groups in total. The van der Waals surface area contributed by atoms with Gasteiger partial charge in [0.15, 0.2) is 0 Å². The Bertz CT molecular complexity index is 292. The van der Waals surface area contributed by atoms with Crippen molar-refractivity contribution in [1.82, 2.24) is 10.2 Å². The average molecular weight is 269 g/mol. The summed E-state index contributed by atoms with van der Waals surface area (Å²) in [6.45, 7) is 5.89. The molecule has 5 heteroatoms. The molecule has 1 amide bonds. The number of nitrogens with zero attached hydrogens (tertiary/aromatic N) is 1. The van der Waals surface area contributed by atoms with Crippen molar-refractivity contribution in [3.8, 4) is 0 Å². The zero-order valence-electron chi connectivity index (χ0n) is 11.9. The monoisotopic (exact) mass is 269 g/mol. The third-order valence-electron chi connectivity index (χ3n) is 4.41. The van der Waals surface area contributed by atoms with Gasteiger partial charge in [0.05, 0.1) is 6.54 Å². The van der Waals surface area contributed by atoms with E-state index in [0.29, 0.717) is 31.1 Å². The Morgan fingerprint density at radius 2 is 2.11 bits per heavy atom. The molecule has 2 aliphatic heterocycles. The first-order valence-corrected chi connectivity index (χ1v) is 7.52. The second kappa shape index (κ2) is 7.22. The van der Waals surface area contributed by atoms with E-state index in [9.17, 15) is 4.79 Å². The van der Waals surface area contributed by atoms with Gasteiger partial charge in [0.1, 0.15) is 0 Å². The van der Waals surface area contributed by atoms with Crippen LogP contribution in [-0.4, -0.2) is 55.7 Å². The Kier molecular flexibility index (Phi) is 5.60. The Morgan fingerprint density at radius 3 is 2.79 bits per heavy atom. The zero-order chi connectivity index (χ0) is 13.7. The second-order valence-electron chi connectivity index (χ2n) is 5.85. The van der Waals surface area contributed by atoms with Crippen LogP contribution in [0.4, 0.5) is 0 Å². The minimum absolute atomic E-state index is 0.138. The number of likely N-dealkylation sites (tertiary alicyclic amines) is 1. The molecule has 2 saturated heterocycles. The van der Waals surface area contributed by atoms with Gasteiger partial charge in [-0.25, -0.2) is 0 Å². The Balaban J connectivity index is 1.79. The summed E-state index contributed by atoms with van der Waals surface area (Å²) >= 11 is 0. The summed E-state index contributed by atoms with van der Waals surface area (Å²) in [4.78, 5) is 14.4. The number of hydrogen-bond acceptors (Lipinski definition) is 4. The van der Waals surface area contributed by atoms with E-state index in [2.05, 4.69) is 17.1 Å². The topological polar surface area (TPSA) is 67.6 Å². The molecule has 2 atom stereocenters. The Labute approximate surface area is 115 Å². The van der Waals surface area contributed by atoms with Crippen LogP contribution in [0.1, 0.15) is 32.6 Å². The van der Waals surface area contributed by atoms with E-state index in [4.69, 9.17) is 10.5 Å². The molecule has 0 bridgehead atoms. The van der Waals surface area contributed by atoms with Crippen LogP contribution in [-0.2, 0) is 9.53 Å². The third kappa shape index (κ3) is 4.16. The van der Waals surface area contributed by atoms with Gasteiger partial charge in [-0.15, -0.1) is 0 Å². The van der Waals surface area contributed by atoms with Crippen molar-refractivity contribution >= 4 is 5.91 Å². The molecule has 2 unspecified atom stereocenters. The number of nitrogens with one attached hydrogen (secondary N) is 1. The molecule has 0 radical (unpaired) electrons. The molecule has 2 rings (SSSR count). The first kappa shape index (κ1) is 14.8. The normalized spacial score (nSPS) is 30.2. The maximum Gasteiger partial charge on any atom is 0.234 e. The second-order valence-corrected chi connectivity index (χ2v) is 5.85. The van der Waals surface area contributed by atoms with Crippen LogP contribution >= 0.6 is 0 Å². The van der Waals surface area contributed by atoms with Gasteiger partial charge in [0.25, 0.3) is 0 Å². The molecule has 2 heterocycles. The quantitative estimate of drug-likeness (QED) is 0.772. The van der Waals surface area contributed by atoms with Gasteiger partial charge >= 0.3 is 0 Å². The van der Waals surface area contributed by atoms with Gasteiger partial charge < -0.3 is 15.8 Å². The van der Waals surface area contributed by atoms with E-state index in [1.54, 1.807) is 0 Å². The van der Waals surface area contributed by atoms with Gasteiger partial charge in [0.2, 0.25) is 5.91 Å². The first-order chi connectivity index (χ1) is 9.20. The van der Waals surface area contributed by atoms with Crippen molar-refractivity contribution in [3.63, 3.8) is 0 Å². The number of carbonyl (C=O) groups is 1. The number of amides is 1. The minimum atomic E-state index is 0.138. The van der Waals surface area contributed by atoms with Crippen LogP contribution in [0.2, 0.25) is 0 Å². The summed E-state index contributed by atoms with van der Waals surface area (Å²) in [7, 11) is 0. The molecule has 110 valence electrons. The summed E-state index contributed by atoms with van der Waals surface area (Å²) in [6.07, 6.45) is 4.26. The van der Waals surface area contributed by atoms with E-state index < -0.39 is 0 Å². The van der Waals surface area contributed by atoms with Gasteiger partial charge in [-0.2, -0.15) is 0 Å². The van der Waals surface area contributed by atoms with Crippen molar-refractivity contribution < 1.29 is 9.53 Å². The molecular weight excluding hydrogens is 242 g/mol. The SMILES string of the molecule is CC1CCCN(CC(=O)NC2CCOCC2)C1CN. The maximum atomic E-state index is 12.1. The molecule has 5 nitrogen and oxygen atoms in total. The predicted octanol–water partition coefficient (Wildman–Crippen LogP) is 0.341. The van der Waals surface area contributed by atoms with Crippen LogP contribution in [0.15, 0.2) is 0 Å². The van der Waals surface area contributed by atoms with Gasteiger partial charge in [-0.3, -0.25) is 9.69 Å². The molecule has 0 aromatic carbocycles. The summed E-state index contributed by atoms with van der Waals surface area (Å²) in [5.74, 6) is 0.731. The van der Waals surface area contributed by atoms with E-state index >= 15 is 0 Å². The fraction of sp³-hybridized carbons (Fsp3) is 0.929. The van der Waals surface area contributed by atoms with E-state index in [1.807, 2.05) is 0 Å². The van der Waals surface area contributed by atoms with Crippen LogP contribution < -0.4 is 11.1 Å². The molecule has 19 heavy (non-hydrogen) atoms. The molecule has 2 aliphatic rings. The molecule has 0 aliphatic carbocycles. The molecule has 2 fully saturated rings. The molecule has 0 aromatic rings. The van der Waals surface area contributed by atoms with Gasteiger partial charge in [0, 0.05) is 31.8 Å². The lowest BCUT2D eigenvalue weighted by Crippen LogP contribution is -2.53. The number of ether oxygens (including phenoxy) is 1. The highest BCUT2D eigenvalue weighted by Crippen LogP contribution is 2.22. The summed E-state index contributed by atoms with van der Waals surface area (Å²) in [5.41, 5.74) is 5.85. The largest absolute Gasteiger partial charge is 0.381 e. The van der Waals surface area contributed by atoms with Gasteiger partial charge in [-0.1, -0.05) is 6.92 Å². The summed E-state index contributed by atoms with van der Waals surface area (Å²) in [5, 5.41) is 3.12. The lowest BCUT2D eigenvalue weighted by molar-refractivity contribution is -0.124. The summed E-state index contributed by atoms with van der Waals surface area (Å²) in [6, 6.07) is 0.647. The van der Waals surface area contributed by atoms with Crippen molar-refractivity contribution in [1.29, 1.82) is 0 Å².